The summed E-state index contributed by atoms with van der Waals surface area (Å²) in [6.45, 7) is -0.234. The molecule has 1 heterocycles. The normalized spacial score (nSPS) is 17.0. The van der Waals surface area contributed by atoms with Crippen molar-refractivity contribution in [2.75, 3.05) is 18.5 Å². The van der Waals surface area contributed by atoms with Crippen molar-refractivity contribution in [3.63, 3.8) is 0 Å². The Morgan fingerprint density at radius 3 is 2.81 bits per heavy atom. The molecule has 1 unspecified atom stereocenters. The number of rotatable bonds is 4. The first-order valence-corrected chi connectivity index (χ1v) is 6.50. The van der Waals surface area contributed by atoms with Crippen LogP contribution in [0.3, 0.4) is 0 Å². The van der Waals surface area contributed by atoms with Crippen LogP contribution >= 0.6 is 11.6 Å². The quantitative estimate of drug-likeness (QED) is 0.851. The number of ether oxygens (including phenoxy) is 1. The zero-order valence-electron chi connectivity index (χ0n) is 11.1. The van der Waals surface area contributed by atoms with Gasteiger partial charge >= 0.3 is 5.97 Å². The number of nitrogens with zero attached hydrogens (tertiary/aromatic N) is 1. The summed E-state index contributed by atoms with van der Waals surface area (Å²) >= 11 is 5.89. The summed E-state index contributed by atoms with van der Waals surface area (Å²) in [6.07, 6.45) is -1.65. The van der Waals surface area contributed by atoms with Gasteiger partial charge in [-0.3, -0.25) is 19.3 Å². The van der Waals surface area contributed by atoms with E-state index < -0.39 is 24.4 Å². The van der Waals surface area contributed by atoms with E-state index in [1.807, 2.05) is 0 Å². The molecular weight excluding hydrogens is 300 g/mol. The summed E-state index contributed by atoms with van der Waals surface area (Å²) in [7, 11) is 1.45. The number of anilines is 1. The highest BCUT2D eigenvalue weighted by molar-refractivity contribution is 6.31. The van der Waals surface area contributed by atoms with E-state index in [4.69, 9.17) is 21.4 Å². The maximum Gasteiger partial charge on any atom is 0.307 e. The smallest absolute Gasteiger partial charge is 0.307 e. The van der Waals surface area contributed by atoms with Gasteiger partial charge < -0.3 is 15.2 Å². The fourth-order valence-electron chi connectivity index (χ4n) is 1.97. The largest absolute Gasteiger partial charge is 0.481 e. The van der Waals surface area contributed by atoms with Crippen LogP contribution in [0.25, 0.3) is 0 Å². The van der Waals surface area contributed by atoms with Crippen LogP contribution in [0.2, 0.25) is 5.02 Å². The fraction of sp³-hybridized carbons (Fsp3) is 0.308. The highest BCUT2D eigenvalue weighted by Gasteiger charge is 2.36. The summed E-state index contributed by atoms with van der Waals surface area (Å²) in [6, 6.07) is 4.59. The lowest BCUT2D eigenvalue weighted by atomic mass is 10.1. The molecule has 0 fully saturated rings. The van der Waals surface area contributed by atoms with Crippen molar-refractivity contribution >= 4 is 35.1 Å². The minimum absolute atomic E-state index is 0.234. The lowest BCUT2D eigenvalue weighted by Crippen LogP contribution is -2.50. The van der Waals surface area contributed by atoms with Crippen molar-refractivity contribution in [1.82, 2.24) is 5.32 Å². The van der Waals surface area contributed by atoms with Gasteiger partial charge in [0.1, 0.15) is 12.3 Å². The summed E-state index contributed by atoms with van der Waals surface area (Å²) in [4.78, 5) is 35.8. The van der Waals surface area contributed by atoms with Crippen molar-refractivity contribution in [2.24, 2.45) is 0 Å². The second-order valence-corrected chi connectivity index (χ2v) is 4.85. The number of hydrogen-bond donors (Lipinski definition) is 2. The van der Waals surface area contributed by atoms with Gasteiger partial charge in [-0.25, -0.2) is 0 Å². The molecule has 112 valence electrons. The second kappa shape index (κ2) is 6.01. The number of carbonyl (C=O) groups excluding carboxylic acids is 2. The number of carboxylic acid groups (broad SMARTS) is 1. The van der Waals surface area contributed by atoms with E-state index in [1.54, 1.807) is 6.07 Å². The molecule has 0 spiro atoms. The molecule has 0 bridgehead atoms. The average molecular weight is 313 g/mol. The van der Waals surface area contributed by atoms with Gasteiger partial charge in [0.15, 0.2) is 6.10 Å². The highest BCUT2D eigenvalue weighted by Crippen LogP contribution is 2.36. The van der Waals surface area contributed by atoms with Gasteiger partial charge in [0, 0.05) is 12.1 Å². The third-order valence-electron chi connectivity index (χ3n) is 2.96. The number of carbonyl (C=O) groups is 3. The van der Waals surface area contributed by atoms with Crippen molar-refractivity contribution < 1.29 is 24.2 Å². The molecule has 0 saturated carbocycles. The molecule has 2 amide bonds. The number of nitrogens with one attached hydrogen (secondary N) is 1. The monoisotopic (exact) mass is 312 g/mol. The molecule has 8 heteroatoms. The Hall–Kier alpha value is -2.28. The topological polar surface area (TPSA) is 95.9 Å². The number of carboxylic acids is 1. The molecule has 2 rings (SSSR count). The van der Waals surface area contributed by atoms with Gasteiger partial charge in [0.2, 0.25) is 5.91 Å². The molecule has 0 aromatic heterocycles. The molecule has 1 aliphatic heterocycles. The van der Waals surface area contributed by atoms with Gasteiger partial charge in [-0.05, 0) is 18.2 Å². The number of halogens is 1. The first kappa shape index (κ1) is 15.1. The van der Waals surface area contributed by atoms with Crippen molar-refractivity contribution in [1.29, 1.82) is 0 Å². The van der Waals surface area contributed by atoms with E-state index in [1.165, 1.54) is 24.1 Å². The lowest BCUT2D eigenvalue weighted by molar-refractivity contribution is -0.142. The van der Waals surface area contributed by atoms with E-state index in [2.05, 4.69) is 5.32 Å². The zero-order valence-corrected chi connectivity index (χ0v) is 11.9. The van der Waals surface area contributed by atoms with E-state index in [0.717, 1.165) is 0 Å². The first-order valence-electron chi connectivity index (χ1n) is 6.12. The summed E-state index contributed by atoms with van der Waals surface area (Å²) < 4.78 is 5.39. The highest BCUT2D eigenvalue weighted by atomic mass is 35.5. The number of hydrogen-bond acceptors (Lipinski definition) is 4. The van der Waals surface area contributed by atoms with Crippen LogP contribution < -0.4 is 15.0 Å². The summed E-state index contributed by atoms with van der Waals surface area (Å²) in [5.41, 5.74) is 0.345. The van der Waals surface area contributed by atoms with Crippen LogP contribution in [0.1, 0.15) is 6.42 Å². The molecule has 0 aliphatic carbocycles. The van der Waals surface area contributed by atoms with Crippen LogP contribution in [0.5, 0.6) is 5.75 Å². The van der Waals surface area contributed by atoms with Crippen LogP contribution in [-0.2, 0) is 14.4 Å². The molecule has 1 aliphatic rings. The third-order valence-corrected chi connectivity index (χ3v) is 3.20. The van der Waals surface area contributed by atoms with Crippen LogP contribution in [0.15, 0.2) is 18.2 Å². The fourth-order valence-corrected chi connectivity index (χ4v) is 2.14. The summed E-state index contributed by atoms with van der Waals surface area (Å²) in [5.74, 6) is -1.82. The average Bonchev–Trinajstić information content (AvgIpc) is 2.43. The lowest BCUT2D eigenvalue weighted by Gasteiger charge is -2.33. The molecule has 7 nitrogen and oxygen atoms in total. The van der Waals surface area contributed by atoms with E-state index in [-0.39, 0.29) is 12.5 Å². The molecule has 2 N–H and O–H groups in total. The molecule has 0 radical (unpaired) electrons. The van der Waals surface area contributed by atoms with Crippen LogP contribution in [-0.4, -0.2) is 42.6 Å². The Labute approximate surface area is 125 Å². The SMILES string of the molecule is CNC(=O)CN1C(=O)C(CC(=O)O)Oc2ccc(Cl)cc21. The molecule has 1 atom stereocenters. The third kappa shape index (κ3) is 3.25. The molecule has 21 heavy (non-hydrogen) atoms. The Morgan fingerprint density at radius 2 is 2.19 bits per heavy atom. The standard InChI is InChI=1S/C13H13ClN2O5/c1-15-11(17)6-16-8-4-7(14)2-3-9(8)21-10(13(16)20)5-12(18)19/h2-4,10H,5-6H2,1H3,(H,15,17)(H,18,19). The maximum absolute atomic E-state index is 12.3. The minimum atomic E-state index is -1.17. The Kier molecular flexibility index (Phi) is 4.32. The van der Waals surface area contributed by atoms with E-state index >= 15 is 0 Å². The number of benzene rings is 1. The number of fused-ring (bicyclic) bond motifs is 1. The molecule has 1 aromatic rings. The van der Waals surface area contributed by atoms with E-state index in [0.29, 0.717) is 16.5 Å². The Bertz CT molecular complexity index is 604. The molecule has 0 saturated heterocycles. The van der Waals surface area contributed by atoms with Crippen molar-refractivity contribution in [3.05, 3.63) is 23.2 Å². The van der Waals surface area contributed by atoms with Crippen molar-refractivity contribution in [2.45, 2.75) is 12.5 Å². The van der Waals surface area contributed by atoms with Gasteiger partial charge in [0.05, 0.1) is 12.1 Å². The Balaban J connectivity index is 2.39. The predicted molar refractivity (Wildman–Crippen MR) is 74.5 cm³/mol. The zero-order chi connectivity index (χ0) is 15.6. The first-order chi connectivity index (χ1) is 9.92. The summed E-state index contributed by atoms with van der Waals surface area (Å²) in [5, 5.41) is 11.6. The number of likely N-dealkylation sites (N-methyl/N-ethyl adjacent to an activating group) is 1. The number of amides is 2. The Morgan fingerprint density at radius 1 is 1.48 bits per heavy atom. The van der Waals surface area contributed by atoms with E-state index in [9.17, 15) is 14.4 Å². The van der Waals surface area contributed by atoms with Crippen LogP contribution in [0.4, 0.5) is 5.69 Å². The van der Waals surface area contributed by atoms with Gasteiger partial charge in [-0.1, -0.05) is 11.6 Å². The van der Waals surface area contributed by atoms with Gasteiger partial charge in [0.25, 0.3) is 5.91 Å². The molecular formula is C13H13ClN2O5. The minimum Gasteiger partial charge on any atom is -0.481 e. The number of aliphatic carboxylic acids is 1. The maximum atomic E-state index is 12.3. The molecule has 1 aromatic carbocycles. The van der Waals surface area contributed by atoms with Gasteiger partial charge in [-0.15, -0.1) is 0 Å². The van der Waals surface area contributed by atoms with Crippen LogP contribution in [0, 0.1) is 0 Å². The second-order valence-electron chi connectivity index (χ2n) is 4.41. The van der Waals surface area contributed by atoms with Crippen molar-refractivity contribution in [3.8, 4) is 5.75 Å². The van der Waals surface area contributed by atoms with Gasteiger partial charge in [-0.2, -0.15) is 0 Å². The predicted octanol–water partition coefficient (Wildman–Crippen LogP) is 0.655.